The molecule has 1 heterocycles. The summed E-state index contributed by atoms with van der Waals surface area (Å²) in [5.74, 6) is 0. The van der Waals surface area contributed by atoms with Crippen LogP contribution in [0.2, 0.25) is 0 Å². The van der Waals surface area contributed by atoms with Crippen LogP contribution in [0.4, 0.5) is 0 Å². The normalized spacial score (nSPS) is 10.2. The van der Waals surface area contributed by atoms with Crippen LogP contribution in [0.25, 0.3) is 10.9 Å². The molecular formula is C9H8BN. The molecule has 11 heavy (non-hydrogen) atoms. The molecule has 0 spiro atoms. The fourth-order valence-corrected chi connectivity index (χ4v) is 1.26. The number of benzene rings is 1. The molecule has 2 rings (SSSR count). The number of aromatic nitrogens is 1. The van der Waals surface area contributed by atoms with Crippen molar-refractivity contribution in [3.63, 3.8) is 0 Å². The van der Waals surface area contributed by atoms with Crippen molar-refractivity contribution in [1.82, 2.24) is 4.98 Å². The Balaban J connectivity index is 2.91. The Morgan fingerprint density at radius 1 is 1.09 bits per heavy atom. The molecule has 52 valence electrons. The highest BCUT2D eigenvalue weighted by Gasteiger charge is 1.93. The molecule has 0 N–H and O–H groups in total. The van der Waals surface area contributed by atoms with Gasteiger partial charge in [-0.3, -0.25) is 4.98 Å². The summed E-state index contributed by atoms with van der Waals surface area (Å²) in [5.41, 5.74) is 2.36. The Bertz CT molecular complexity index is 379. The maximum Gasteiger partial charge on any atom is 0.140 e. The van der Waals surface area contributed by atoms with Gasteiger partial charge in [0, 0.05) is 6.20 Å². The summed E-state index contributed by atoms with van der Waals surface area (Å²) in [7, 11) is 2.10. The first-order valence-corrected chi connectivity index (χ1v) is 3.68. The van der Waals surface area contributed by atoms with Gasteiger partial charge in [-0.15, -0.1) is 0 Å². The highest BCUT2D eigenvalue weighted by molar-refractivity contribution is 6.38. The van der Waals surface area contributed by atoms with Crippen LogP contribution in [0.1, 0.15) is 0 Å². The molecule has 0 aliphatic heterocycles. The number of hydrogen-bond acceptors (Lipinski definition) is 1. The number of rotatable bonds is 0. The van der Waals surface area contributed by atoms with Gasteiger partial charge in [0.05, 0.1) is 5.52 Å². The summed E-state index contributed by atoms with van der Waals surface area (Å²) >= 11 is 0. The van der Waals surface area contributed by atoms with E-state index in [1.54, 1.807) is 0 Å². The minimum absolute atomic E-state index is 1.08. The zero-order valence-electron chi connectivity index (χ0n) is 6.41. The Kier molecular flexibility index (Phi) is 1.39. The lowest BCUT2D eigenvalue weighted by atomic mass is 9.92. The average Bonchev–Trinajstić information content (AvgIpc) is 2.06. The van der Waals surface area contributed by atoms with Crippen molar-refractivity contribution < 1.29 is 0 Å². The maximum atomic E-state index is 4.24. The first-order valence-electron chi connectivity index (χ1n) is 3.68. The lowest BCUT2D eigenvalue weighted by Gasteiger charge is -1.98. The fourth-order valence-electron chi connectivity index (χ4n) is 1.26. The van der Waals surface area contributed by atoms with Gasteiger partial charge in [0.15, 0.2) is 0 Å². The van der Waals surface area contributed by atoms with Crippen molar-refractivity contribution in [2.45, 2.75) is 0 Å². The minimum Gasteiger partial charge on any atom is -0.256 e. The molecular weight excluding hydrogens is 133 g/mol. The molecule has 0 unspecified atom stereocenters. The van der Waals surface area contributed by atoms with E-state index in [1.165, 1.54) is 10.8 Å². The average molecular weight is 141 g/mol. The van der Waals surface area contributed by atoms with E-state index in [4.69, 9.17) is 0 Å². The second-order valence-corrected chi connectivity index (χ2v) is 2.64. The second kappa shape index (κ2) is 2.38. The Hall–Kier alpha value is -1.31. The van der Waals surface area contributed by atoms with E-state index in [1.807, 2.05) is 24.4 Å². The largest absolute Gasteiger partial charge is 0.256 e. The summed E-state index contributed by atoms with van der Waals surface area (Å²) in [6, 6.07) is 10.2. The fraction of sp³-hybridized carbons (Fsp3) is 0. The van der Waals surface area contributed by atoms with E-state index in [-0.39, 0.29) is 0 Å². The molecule has 0 bridgehead atoms. The molecule has 1 aromatic carbocycles. The van der Waals surface area contributed by atoms with Crippen LogP contribution in [0.5, 0.6) is 0 Å². The Morgan fingerprint density at radius 3 is 2.82 bits per heavy atom. The second-order valence-electron chi connectivity index (χ2n) is 2.64. The van der Waals surface area contributed by atoms with Gasteiger partial charge in [-0.25, -0.2) is 0 Å². The molecule has 2 aromatic rings. The Labute approximate surface area is 66.5 Å². The predicted octanol–water partition coefficient (Wildman–Crippen LogP) is 0.493. The molecule has 0 saturated heterocycles. The smallest absolute Gasteiger partial charge is 0.140 e. The van der Waals surface area contributed by atoms with E-state index < -0.39 is 0 Å². The van der Waals surface area contributed by atoms with Gasteiger partial charge >= 0.3 is 0 Å². The maximum absolute atomic E-state index is 4.24. The molecule has 0 aliphatic carbocycles. The van der Waals surface area contributed by atoms with E-state index in [9.17, 15) is 0 Å². The zero-order valence-corrected chi connectivity index (χ0v) is 6.41. The third kappa shape index (κ3) is 1.00. The predicted molar refractivity (Wildman–Crippen MR) is 49.9 cm³/mol. The van der Waals surface area contributed by atoms with Crippen LogP contribution >= 0.6 is 0 Å². The quantitative estimate of drug-likeness (QED) is 0.486. The van der Waals surface area contributed by atoms with Crippen molar-refractivity contribution >= 4 is 24.2 Å². The van der Waals surface area contributed by atoms with E-state index >= 15 is 0 Å². The Morgan fingerprint density at radius 2 is 2.00 bits per heavy atom. The third-order valence-corrected chi connectivity index (χ3v) is 1.86. The number of hydrogen-bond donors (Lipinski definition) is 0. The summed E-state index contributed by atoms with van der Waals surface area (Å²) < 4.78 is 0. The monoisotopic (exact) mass is 141 g/mol. The lowest BCUT2D eigenvalue weighted by molar-refractivity contribution is 1.42. The van der Waals surface area contributed by atoms with Gasteiger partial charge in [-0.2, -0.15) is 0 Å². The summed E-state index contributed by atoms with van der Waals surface area (Å²) in [6.07, 6.45) is 1.82. The highest BCUT2D eigenvalue weighted by Crippen LogP contribution is 2.05. The van der Waals surface area contributed by atoms with Crippen LogP contribution in [0, 0.1) is 0 Å². The van der Waals surface area contributed by atoms with Crippen LogP contribution < -0.4 is 5.46 Å². The third-order valence-electron chi connectivity index (χ3n) is 1.86. The summed E-state index contributed by atoms with van der Waals surface area (Å²) in [5, 5.41) is 1.25. The summed E-state index contributed by atoms with van der Waals surface area (Å²) in [4.78, 5) is 4.24. The number of pyridine rings is 1. The highest BCUT2D eigenvalue weighted by atomic mass is 14.6. The van der Waals surface area contributed by atoms with E-state index in [0.717, 1.165) is 5.52 Å². The van der Waals surface area contributed by atoms with Gasteiger partial charge in [0.25, 0.3) is 0 Å². The molecule has 0 fully saturated rings. The number of nitrogens with zero attached hydrogens (tertiary/aromatic N) is 1. The molecule has 1 nitrogen and oxygen atoms in total. The number of fused-ring (bicyclic) bond motifs is 1. The van der Waals surface area contributed by atoms with Crippen LogP contribution in [0.15, 0.2) is 36.5 Å². The molecule has 0 radical (unpaired) electrons. The van der Waals surface area contributed by atoms with Crippen molar-refractivity contribution in [2.24, 2.45) is 0 Å². The molecule has 1 aromatic heterocycles. The minimum atomic E-state index is 1.08. The van der Waals surface area contributed by atoms with Gasteiger partial charge in [-0.05, 0) is 17.5 Å². The van der Waals surface area contributed by atoms with E-state index in [2.05, 4.69) is 25.0 Å². The van der Waals surface area contributed by atoms with Crippen LogP contribution in [-0.2, 0) is 0 Å². The van der Waals surface area contributed by atoms with Crippen LogP contribution in [0.3, 0.4) is 0 Å². The van der Waals surface area contributed by atoms with Crippen molar-refractivity contribution in [2.75, 3.05) is 0 Å². The first-order chi connectivity index (χ1) is 5.38. The lowest BCUT2D eigenvalue weighted by Crippen LogP contribution is -2.02. The van der Waals surface area contributed by atoms with Gasteiger partial charge < -0.3 is 0 Å². The van der Waals surface area contributed by atoms with Gasteiger partial charge in [0.1, 0.15) is 7.85 Å². The van der Waals surface area contributed by atoms with Crippen molar-refractivity contribution in [3.05, 3.63) is 36.5 Å². The first kappa shape index (κ1) is 6.41. The van der Waals surface area contributed by atoms with Gasteiger partial charge in [0.2, 0.25) is 0 Å². The molecule has 0 atom stereocenters. The van der Waals surface area contributed by atoms with E-state index in [0.29, 0.717) is 0 Å². The summed E-state index contributed by atoms with van der Waals surface area (Å²) in [6.45, 7) is 0. The van der Waals surface area contributed by atoms with Crippen molar-refractivity contribution in [1.29, 1.82) is 0 Å². The molecule has 2 heteroatoms. The zero-order chi connectivity index (χ0) is 7.68. The molecule has 0 saturated carbocycles. The molecule has 0 aliphatic rings. The standard InChI is InChI=1S/C9H8BN/c10-8-4-1-5-9-7(8)3-2-6-11-9/h1-6H,10H2. The van der Waals surface area contributed by atoms with Crippen molar-refractivity contribution in [3.8, 4) is 0 Å². The topological polar surface area (TPSA) is 12.9 Å². The van der Waals surface area contributed by atoms with Crippen LogP contribution in [-0.4, -0.2) is 12.8 Å². The SMILES string of the molecule is Bc1cccc2ncccc12. The van der Waals surface area contributed by atoms with Gasteiger partial charge in [-0.1, -0.05) is 23.7 Å². The molecule has 0 amide bonds.